The number of hydrogen-bond acceptors (Lipinski definition) is 4. The summed E-state index contributed by atoms with van der Waals surface area (Å²) in [5.74, 6) is -6.64. The molecule has 0 amide bonds. The van der Waals surface area contributed by atoms with Crippen LogP contribution in [0.3, 0.4) is 0 Å². The molecule has 0 radical (unpaired) electrons. The van der Waals surface area contributed by atoms with Gasteiger partial charge in [0.05, 0.1) is 22.3 Å². The van der Waals surface area contributed by atoms with E-state index in [4.69, 9.17) is 20.4 Å². The monoisotopic (exact) mass is 708 g/mol. The summed E-state index contributed by atoms with van der Waals surface area (Å²) in [6.45, 7) is 0. The van der Waals surface area contributed by atoms with Crippen molar-refractivity contribution in [1.82, 2.24) is 0 Å². The normalized spacial score (nSPS) is 7.33. The fraction of sp³-hybridized carbons (Fsp3) is 0. The predicted molar refractivity (Wildman–Crippen MR) is 75.4 cm³/mol. The summed E-state index contributed by atoms with van der Waals surface area (Å²) in [7, 11) is 0. The van der Waals surface area contributed by atoms with E-state index in [1.165, 1.54) is 0 Å². The van der Waals surface area contributed by atoms with Crippen LogP contribution in [0.15, 0.2) is 12.1 Å². The van der Waals surface area contributed by atoms with Crippen LogP contribution in [0.25, 0.3) is 24.6 Å². The summed E-state index contributed by atoms with van der Waals surface area (Å²) < 4.78 is 0. The fourth-order valence-electron chi connectivity index (χ4n) is 1.31. The Kier molecular flexibility index (Phi) is 23.6. The molecular weight excluding hydrogens is 694 g/mol. The van der Waals surface area contributed by atoms with Gasteiger partial charge in [-0.25, -0.2) is 19.2 Å². The van der Waals surface area contributed by atoms with Gasteiger partial charge in [0.1, 0.15) is 0 Å². The number of aromatic carboxylic acids is 4. The van der Waals surface area contributed by atoms with Gasteiger partial charge in [0.25, 0.3) is 0 Å². The summed E-state index contributed by atoms with van der Waals surface area (Å²) in [5.41, 5.74) is -3.15. The smallest absolute Gasteiger partial charge is 0.693 e. The van der Waals surface area contributed by atoms with Gasteiger partial charge in [-0.2, -0.15) is 0 Å². The third-order valence-electron chi connectivity index (χ3n) is 2.08. The molecule has 0 atom stereocenters. The molecule has 0 unspecified atom stereocenters. The average Bonchev–Trinajstić information content (AvgIpc) is 2.26. The van der Waals surface area contributed by atoms with Gasteiger partial charge < -0.3 is 45.0 Å². The van der Waals surface area contributed by atoms with Crippen LogP contribution in [0.5, 0.6) is 0 Å². The SMILES string of the molecule is O=C(O)c1cc(C(=O)O)c(C(=O)O)cc1C(=O)O.[NH2-].[NH2-].[NH2-].[NH2-].[Pt+2].[Pt+2]. The summed E-state index contributed by atoms with van der Waals surface area (Å²) in [6.07, 6.45) is 0. The third-order valence-corrected chi connectivity index (χ3v) is 2.08. The van der Waals surface area contributed by atoms with Crippen LogP contribution in [0.4, 0.5) is 0 Å². The first-order valence-electron chi connectivity index (χ1n) is 4.37. The number of carboxylic acid groups (broad SMARTS) is 4. The Bertz CT molecular complexity index is 498. The van der Waals surface area contributed by atoms with Gasteiger partial charge in [0.15, 0.2) is 0 Å². The molecule has 0 aliphatic heterocycles. The van der Waals surface area contributed by atoms with Crippen molar-refractivity contribution in [3.8, 4) is 0 Å². The maximum absolute atomic E-state index is 10.8. The molecule has 0 aliphatic carbocycles. The zero-order valence-corrected chi connectivity index (χ0v) is 16.1. The number of carbonyl (C=O) groups is 4. The van der Waals surface area contributed by atoms with E-state index in [1.54, 1.807) is 0 Å². The summed E-state index contributed by atoms with van der Waals surface area (Å²) in [6, 6.07) is 1.02. The van der Waals surface area contributed by atoms with E-state index >= 15 is 0 Å². The molecule has 0 aliphatic rings. The molecule has 24 heavy (non-hydrogen) atoms. The maximum atomic E-state index is 10.8. The van der Waals surface area contributed by atoms with Crippen LogP contribution in [-0.2, 0) is 42.1 Å². The average molecular weight is 708 g/mol. The second kappa shape index (κ2) is 14.9. The van der Waals surface area contributed by atoms with E-state index in [2.05, 4.69) is 0 Å². The summed E-state index contributed by atoms with van der Waals surface area (Å²) in [5, 5.41) is 35.0. The largest absolute Gasteiger partial charge is 2.00 e. The van der Waals surface area contributed by atoms with Gasteiger partial charge in [0, 0.05) is 0 Å². The van der Waals surface area contributed by atoms with Gasteiger partial charge in [-0.05, 0) is 12.1 Å². The molecule has 1 rings (SSSR count). The quantitative estimate of drug-likeness (QED) is 0.359. The van der Waals surface area contributed by atoms with Crippen LogP contribution in [0.2, 0.25) is 0 Å². The minimum atomic E-state index is -1.66. The zero-order chi connectivity index (χ0) is 14.0. The van der Waals surface area contributed by atoms with E-state index < -0.39 is 46.1 Å². The predicted octanol–water partition coefficient (Wildman–Crippen LogP) is 3.34. The number of hydrogen-bond donors (Lipinski definition) is 4. The Morgan fingerprint density at radius 3 is 0.708 bits per heavy atom. The van der Waals surface area contributed by atoms with Gasteiger partial charge >= 0.3 is 66.0 Å². The molecule has 0 spiro atoms. The minimum absolute atomic E-state index is 0. The Morgan fingerprint density at radius 2 is 0.625 bits per heavy atom. The molecule has 0 aromatic heterocycles. The molecule has 14 heteroatoms. The van der Waals surface area contributed by atoms with Gasteiger partial charge in [-0.15, -0.1) is 0 Å². The van der Waals surface area contributed by atoms with Gasteiger partial charge in [0.2, 0.25) is 0 Å². The van der Waals surface area contributed by atoms with Crippen LogP contribution >= 0.6 is 0 Å². The maximum Gasteiger partial charge on any atom is 2.00 e. The first-order valence-corrected chi connectivity index (χ1v) is 4.37. The van der Waals surface area contributed by atoms with Crippen LogP contribution in [-0.4, -0.2) is 44.3 Å². The topological polar surface area (TPSA) is 283 Å². The molecular formula is C10H14N4O8Pt2. The van der Waals surface area contributed by atoms with Crippen molar-refractivity contribution in [3.63, 3.8) is 0 Å². The van der Waals surface area contributed by atoms with Crippen molar-refractivity contribution >= 4 is 23.9 Å². The second-order valence-electron chi connectivity index (χ2n) is 3.16. The number of nitrogens with two attached hydrogens (primary N) is 4. The Morgan fingerprint density at radius 1 is 0.500 bits per heavy atom. The van der Waals surface area contributed by atoms with Crippen molar-refractivity contribution in [2.75, 3.05) is 0 Å². The Balaban J connectivity index is -0.000000135. The number of carboxylic acids is 4. The third kappa shape index (κ3) is 8.25. The van der Waals surface area contributed by atoms with E-state index in [0.717, 1.165) is 0 Å². The van der Waals surface area contributed by atoms with Gasteiger partial charge in [-0.3, -0.25) is 0 Å². The molecule has 0 saturated carbocycles. The van der Waals surface area contributed by atoms with E-state index in [0.29, 0.717) is 12.1 Å². The van der Waals surface area contributed by atoms with Crippen LogP contribution < -0.4 is 0 Å². The zero-order valence-electron chi connectivity index (χ0n) is 11.5. The van der Waals surface area contributed by atoms with E-state index in [9.17, 15) is 19.2 Å². The van der Waals surface area contributed by atoms with Crippen molar-refractivity contribution in [2.45, 2.75) is 0 Å². The molecule has 0 bridgehead atoms. The number of benzene rings is 1. The molecule has 0 heterocycles. The molecule has 12 nitrogen and oxygen atoms in total. The fourth-order valence-corrected chi connectivity index (χ4v) is 1.31. The Labute approximate surface area is 164 Å². The first-order chi connectivity index (χ1) is 8.25. The van der Waals surface area contributed by atoms with Crippen molar-refractivity contribution in [2.24, 2.45) is 0 Å². The Hall–Kier alpha value is -1.68. The summed E-state index contributed by atoms with van der Waals surface area (Å²) in [4.78, 5) is 43.1. The molecule has 0 saturated heterocycles. The molecule has 1 aromatic rings. The van der Waals surface area contributed by atoms with E-state index in [1.807, 2.05) is 0 Å². The van der Waals surface area contributed by atoms with Crippen molar-refractivity contribution in [1.29, 1.82) is 0 Å². The summed E-state index contributed by atoms with van der Waals surface area (Å²) >= 11 is 0. The van der Waals surface area contributed by atoms with Crippen molar-refractivity contribution in [3.05, 3.63) is 59.0 Å². The standard InChI is InChI=1S/C10H6O8.4H2N.2Pt/c11-7(12)3-1-4(8(13)14)6(10(17)18)2-5(3)9(15)16;;;;;;/h1-2H,(H,11,12)(H,13,14)(H,15,16)(H,17,18);4*1H2;;/q;4*-1;2*+2. The molecule has 0 fully saturated rings. The molecule has 1 aromatic carbocycles. The van der Waals surface area contributed by atoms with Crippen LogP contribution in [0.1, 0.15) is 41.4 Å². The molecule has 12 N–H and O–H groups in total. The van der Waals surface area contributed by atoms with Crippen molar-refractivity contribution < 1.29 is 81.7 Å². The molecule has 142 valence electrons. The first kappa shape index (κ1) is 38.1. The number of rotatable bonds is 4. The second-order valence-corrected chi connectivity index (χ2v) is 3.16. The van der Waals surface area contributed by atoms with Crippen LogP contribution in [0, 0.1) is 0 Å². The van der Waals surface area contributed by atoms with Gasteiger partial charge in [-0.1, -0.05) is 0 Å². The minimum Gasteiger partial charge on any atom is -0.693 e. The van der Waals surface area contributed by atoms with E-state index in [-0.39, 0.29) is 66.7 Å².